The standard InChI is InChI=1S/C20H17N5OS/c1-13-8-9-16(22-14(13)2)17-11-27-20(23-17)24-19(26)18-10-21-12-25(18)15-6-4-3-5-7-15/h3-12H,1-2H3,(H,23,24,26). The van der Waals surface area contributed by atoms with Crippen LogP contribution in [-0.4, -0.2) is 25.4 Å². The van der Waals surface area contributed by atoms with Crippen LogP contribution in [0.2, 0.25) is 0 Å². The fourth-order valence-corrected chi connectivity index (χ4v) is 3.34. The highest BCUT2D eigenvalue weighted by atomic mass is 32.1. The molecule has 0 fully saturated rings. The number of benzene rings is 1. The van der Waals surface area contributed by atoms with E-state index < -0.39 is 0 Å². The van der Waals surface area contributed by atoms with E-state index in [1.54, 1.807) is 17.1 Å². The van der Waals surface area contributed by atoms with Crippen molar-refractivity contribution in [2.45, 2.75) is 13.8 Å². The number of rotatable bonds is 4. The molecule has 0 unspecified atom stereocenters. The Morgan fingerprint density at radius 3 is 2.63 bits per heavy atom. The second-order valence-corrected chi connectivity index (χ2v) is 6.93. The first kappa shape index (κ1) is 17.1. The first-order valence-electron chi connectivity index (χ1n) is 8.41. The number of amides is 1. The zero-order valence-corrected chi connectivity index (χ0v) is 15.7. The summed E-state index contributed by atoms with van der Waals surface area (Å²) in [4.78, 5) is 25.9. The third-order valence-corrected chi connectivity index (χ3v) is 5.00. The van der Waals surface area contributed by atoms with Gasteiger partial charge in [0.15, 0.2) is 5.13 Å². The predicted octanol–water partition coefficient (Wildman–Crippen LogP) is 4.26. The van der Waals surface area contributed by atoms with Crippen molar-refractivity contribution in [3.63, 3.8) is 0 Å². The van der Waals surface area contributed by atoms with E-state index in [1.807, 2.05) is 61.7 Å². The first-order chi connectivity index (χ1) is 13.1. The molecule has 0 bridgehead atoms. The normalized spacial score (nSPS) is 10.7. The minimum Gasteiger partial charge on any atom is -0.296 e. The van der Waals surface area contributed by atoms with Gasteiger partial charge in [0.2, 0.25) is 0 Å². The van der Waals surface area contributed by atoms with Crippen LogP contribution >= 0.6 is 11.3 Å². The van der Waals surface area contributed by atoms with E-state index in [1.165, 1.54) is 11.3 Å². The molecule has 27 heavy (non-hydrogen) atoms. The number of carbonyl (C=O) groups excluding carboxylic acids is 1. The van der Waals surface area contributed by atoms with Crippen LogP contribution in [0.25, 0.3) is 17.1 Å². The van der Waals surface area contributed by atoms with Crippen molar-refractivity contribution in [3.05, 3.63) is 77.3 Å². The van der Waals surface area contributed by atoms with Crippen molar-refractivity contribution in [1.82, 2.24) is 19.5 Å². The van der Waals surface area contributed by atoms with Gasteiger partial charge in [0.05, 0.1) is 18.2 Å². The van der Waals surface area contributed by atoms with E-state index >= 15 is 0 Å². The molecule has 134 valence electrons. The highest BCUT2D eigenvalue weighted by Gasteiger charge is 2.15. The Balaban J connectivity index is 1.56. The van der Waals surface area contributed by atoms with Crippen molar-refractivity contribution < 1.29 is 4.79 Å². The van der Waals surface area contributed by atoms with Gasteiger partial charge in [-0.15, -0.1) is 11.3 Å². The molecule has 0 atom stereocenters. The molecule has 6 nitrogen and oxygen atoms in total. The Morgan fingerprint density at radius 1 is 1.04 bits per heavy atom. The third kappa shape index (κ3) is 3.50. The van der Waals surface area contributed by atoms with Crippen molar-refractivity contribution in [3.8, 4) is 17.1 Å². The van der Waals surface area contributed by atoms with E-state index in [9.17, 15) is 4.79 Å². The number of nitrogens with one attached hydrogen (secondary N) is 1. The van der Waals surface area contributed by atoms with Crippen molar-refractivity contribution in [2.75, 3.05) is 5.32 Å². The Kier molecular flexibility index (Phi) is 4.52. The highest BCUT2D eigenvalue weighted by molar-refractivity contribution is 7.14. The van der Waals surface area contributed by atoms with Crippen LogP contribution in [0, 0.1) is 13.8 Å². The molecule has 4 aromatic rings. The number of aromatic nitrogens is 4. The molecule has 0 radical (unpaired) electrons. The number of pyridine rings is 1. The summed E-state index contributed by atoms with van der Waals surface area (Å²) < 4.78 is 1.74. The lowest BCUT2D eigenvalue weighted by Gasteiger charge is -2.07. The molecule has 0 spiro atoms. The molecule has 0 saturated carbocycles. The van der Waals surface area contributed by atoms with Gasteiger partial charge in [-0.2, -0.15) is 0 Å². The Labute approximate surface area is 160 Å². The molecule has 1 N–H and O–H groups in total. The van der Waals surface area contributed by atoms with Crippen molar-refractivity contribution >= 4 is 22.4 Å². The molecular formula is C20H17N5OS. The van der Waals surface area contributed by atoms with Crippen LogP contribution in [0.1, 0.15) is 21.7 Å². The minimum atomic E-state index is -0.259. The number of carbonyl (C=O) groups is 1. The summed E-state index contributed by atoms with van der Waals surface area (Å²) in [6, 6.07) is 13.6. The van der Waals surface area contributed by atoms with Gasteiger partial charge in [-0.3, -0.25) is 19.7 Å². The predicted molar refractivity (Wildman–Crippen MR) is 106 cm³/mol. The Hall–Kier alpha value is -3.32. The quantitative estimate of drug-likeness (QED) is 0.578. The Bertz CT molecular complexity index is 1100. The minimum absolute atomic E-state index is 0.259. The van der Waals surface area contributed by atoms with Gasteiger partial charge in [-0.25, -0.2) is 9.97 Å². The average Bonchev–Trinajstić information content (AvgIpc) is 3.34. The zero-order chi connectivity index (χ0) is 18.8. The number of imidazole rings is 1. The summed E-state index contributed by atoms with van der Waals surface area (Å²) in [5, 5.41) is 5.26. The maximum Gasteiger partial charge on any atom is 0.276 e. The average molecular weight is 375 g/mol. The van der Waals surface area contributed by atoms with Gasteiger partial charge in [0.1, 0.15) is 11.4 Å². The highest BCUT2D eigenvalue weighted by Crippen LogP contribution is 2.25. The number of hydrogen-bond acceptors (Lipinski definition) is 5. The third-order valence-electron chi connectivity index (χ3n) is 4.24. The summed E-state index contributed by atoms with van der Waals surface area (Å²) >= 11 is 1.37. The summed E-state index contributed by atoms with van der Waals surface area (Å²) in [5.74, 6) is -0.259. The van der Waals surface area contributed by atoms with Gasteiger partial charge in [-0.05, 0) is 37.6 Å². The van der Waals surface area contributed by atoms with Crippen LogP contribution in [0.15, 0.2) is 60.4 Å². The number of thiazole rings is 1. The largest absolute Gasteiger partial charge is 0.296 e. The lowest BCUT2D eigenvalue weighted by molar-refractivity contribution is 0.102. The lowest BCUT2D eigenvalue weighted by Crippen LogP contribution is -2.15. The summed E-state index contributed by atoms with van der Waals surface area (Å²) in [6.45, 7) is 3.99. The molecule has 7 heteroatoms. The van der Waals surface area contributed by atoms with Gasteiger partial charge < -0.3 is 0 Å². The molecule has 0 saturated heterocycles. The van der Waals surface area contributed by atoms with Gasteiger partial charge in [0.25, 0.3) is 5.91 Å². The number of aryl methyl sites for hydroxylation is 2. The summed E-state index contributed by atoms with van der Waals surface area (Å²) in [6.07, 6.45) is 3.16. The molecule has 0 aliphatic rings. The Morgan fingerprint density at radius 2 is 1.85 bits per heavy atom. The van der Waals surface area contributed by atoms with Crippen LogP contribution in [0.5, 0.6) is 0 Å². The van der Waals surface area contributed by atoms with Gasteiger partial charge in [-0.1, -0.05) is 24.3 Å². The summed E-state index contributed by atoms with van der Waals surface area (Å²) in [7, 11) is 0. The van der Waals surface area contributed by atoms with E-state index in [0.717, 1.165) is 28.3 Å². The molecule has 4 rings (SSSR count). The van der Waals surface area contributed by atoms with Crippen molar-refractivity contribution in [2.24, 2.45) is 0 Å². The number of nitrogens with zero attached hydrogens (tertiary/aromatic N) is 4. The number of hydrogen-bond donors (Lipinski definition) is 1. The van der Waals surface area contributed by atoms with E-state index in [4.69, 9.17) is 0 Å². The summed E-state index contributed by atoms with van der Waals surface area (Å²) in [5.41, 5.74) is 4.97. The number of para-hydroxylation sites is 1. The van der Waals surface area contributed by atoms with Crippen LogP contribution in [-0.2, 0) is 0 Å². The van der Waals surface area contributed by atoms with E-state index in [0.29, 0.717) is 10.8 Å². The van der Waals surface area contributed by atoms with Crippen LogP contribution < -0.4 is 5.32 Å². The van der Waals surface area contributed by atoms with Gasteiger partial charge >= 0.3 is 0 Å². The fourth-order valence-electron chi connectivity index (χ4n) is 2.64. The molecule has 1 amide bonds. The zero-order valence-electron chi connectivity index (χ0n) is 14.9. The van der Waals surface area contributed by atoms with Gasteiger partial charge in [0, 0.05) is 16.8 Å². The molecule has 3 heterocycles. The molecular weight excluding hydrogens is 358 g/mol. The maximum atomic E-state index is 12.7. The van der Waals surface area contributed by atoms with Crippen LogP contribution in [0.3, 0.4) is 0 Å². The molecule has 3 aromatic heterocycles. The monoisotopic (exact) mass is 375 g/mol. The van der Waals surface area contributed by atoms with Crippen LogP contribution in [0.4, 0.5) is 5.13 Å². The molecule has 0 aliphatic heterocycles. The SMILES string of the molecule is Cc1ccc(-c2csc(NC(=O)c3cncn3-c3ccccc3)n2)nc1C. The lowest BCUT2D eigenvalue weighted by atomic mass is 10.2. The van der Waals surface area contributed by atoms with E-state index in [-0.39, 0.29) is 5.91 Å². The second-order valence-electron chi connectivity index (χ2n) is 6.08. The maximum absolute atomic E-state index is 12.7. The topological polar surface area (TPSA) is 72.7 Å². The fraction of sp³-hybridized carbons (Fsp3) is 0.100. The van der Waals surface area contributed by atoms with Crippen molar-refractivity contribution in [1.29, 1.82) is 0 Å². The van der Waals surface area contributed by atoms with E-state index in [2.05, 4.69) is 20.3 Å². The smallest absolute Gasteiger partial charge is 0.276 e. The first-order valence-corrected chi connectivity index (χ1v) is 9.29. The second kappa shape index (κ2) is 7.13. The molecule has 1 aromatic carbocycles. The number of anilines is 1. The molecule has 0 aliphatic carbocycles.